The summed E-state index contributed by atoms with van der Waals surface area (Å²) in [5, 5.41) is 5.46. The maximum Gasteiger partial charge on any atom is 0.326 e. The van der Waals surface area contributed by atoms with Gasteiger partial charge in [-0.2, -0.15) is 0 Å². The third kappa shape index (κ3) is 6.55. The molecule has 0 spiro atoms. The van der Waals surface area contributed by atoms with Crippen LogP contribution in [0.1, 0.15) is 56.8 Å². The van der Waals surface area contributed by atoms with Gasteiger partial charge in [0.2, 0.25) is 0 Å². The minimum absolute atomic E-state index is 0.127. The molecular weight excluding hydrogens is 360 g/mol. The van der Waals surface area contributed by atoms with Crippen molar-refractivity contribution in [3.8, 4) is 5.75 Å². The largest absolute Gasteiger partial charge is 0.494 e. The number of carbonyl (C=O) groups excluding carboxylic acids is 3. The fraction of sp³-hybridized carbons (Fsp3) is 0.571. The van der Waals surface area contributed by atoms with Crippen LogP contribution in [0.15, 0.2) is 24.3 Å². The zero-order chi connectivity index (χ0) is 20.5. The van der Waals surface area contributed by atoms with Crippen LogP contribution in [0.2, 0.25) is 0 Å². The van der Waals surface area contributed by atoms with Crippen molar-refractivity contribution in [2.45, 2.75) is 58.6 Å². The predicted molar refractivity (Wildman–Crippen MR) is 105 cm³/mol. The molecule has 0 radical (unpaired) electrons. The van der Waals surface area contributed by atoms with E-state index < -0.39 is 18.0 Å². The van der Waals surface area contributed by atoms with Crippen molar-refractivity contribution in [2.75, 3.05) is 13.2 Å². The number of ether oxygens (including phenoxy) is 2. The van der Waals surface area contributed by atoms with Gasteiger partial charge in [-0.1, -0.05) is 19.8 Å². The van der Waals surface area contributed by atoms with E-state index in [4.69, 9.17) is 9.47 Å². The number of hydrogen-bond acceptors (Lipinski definition) is 5. The van der Waals surface area contributed by atoms with Crippen molar-refractivity contribution in [1.29, 1.82) is 0 Å². The number of benzene rings is 1. The van der Waals surface area contributed by atoms with Crippen LogP contribution in [-0.2, 0) is 14.3 Å². The molecule has 1 aromatic carbocycles. The molecule has 1 saturated carbocycles. The third-order valence-electron chi connectivity index (χ3n) is 4.94. The second-order valence-corrected chi connectivity index (χ2v) is 7.15. The Morgan fingerprint density at radius 3 is 2.46 bits per heavy atom. The van der Waals surface area contributed by atoms with Crippen molar-refractivity contribution < 1.29 is 23.9 Å². The smallest absolute Gasteiger partial charge is 0.326 e. The lowest BCUT2D eigenvalue weighted by Crippen LogP contribution is -2.46. The Labute approximate surface area is 166 Å². The van der Waals surface area contributed by atoms with E-state index in [1.54, 1.807) is 24.3 Å². The fourth-order valence-electron chi connectivity index (χ4n) is 3.25. The van der Waals surface area contributed by atoms with Crippen LogP contribution in [0.4, 0.5) is 0 Å². The van der Waals surface area contributed by atoms with Gasteiger partial charge in [-0.3, -0.25) is 14.4 Å². The van der Waals surface area contributed by atoms with E-state index in [0.717, 1.165) is 19.3 Å². The molecule has 0 aromatic heterocycles. The summed E-state index contributed by atoms with van der Waals surface area (Å²) in [6.07, 6.45) is 3.43. The van der Waals surface area contributed by atoms with Gasteiger partial charge in [0.05, 0.1) is 6.61 Å². The summed E-state index contributed by atoms with van der Waals surface area (Å²) in [6.45, 7) is 5.78. The lowest BCUT2D eigenvalue weighted by atomic mass is 9.86. The third-order valence-corrected chi connectivity index (χ3v) is 4.94. The van der Waals surface area contributed by atoms with Crippen LogP contribution in [-0.4, -0.2) is 43.1 Å². The molecule has 0 heterocycles. The van der Waals surface area contributed by atoms with Gasteiger partial charge >= 0.3 is 5.97 Å². The van der Waals surface area contributed by atoms with Gasteiger partial charge in [-0.15, -0.1) is 0 Å². The maximum absolute atomic E-state index is 12.2. The number of carbonyl (C=O) groups is 3. The first-order valence-corrected chi connectivity index (χ1v) is 9.91. The zero-order valence-corrected chi connectivity index (χ0v) is 16.8. The number of rotatable bonds is 8. The van der Waals surface area contributed by atoms with Crippen LogP contribution in [0, 0.1) is 5.92 Å². The number of amides is 2. The number of esters is 1. The summed E-state index contributed by atoms with van der Waals surface area (Å²) in [4.78, 5) is 36.3. The number of hydrogen-bond donors (Lipinski definition) is 2. The normalized spacial score (nSPS) is 20.0. The molecule has 0 aliphatic heterocycles. The van der Waals surface area contributed by atoms with E-state index in [-0.39, 0.29) is 18.5 Å². The van der Waals surface area contributed by atoms with E-state index in [1.165, 1.54) is 13.3 Å². The van der Waals surface area contributed by atoms with Crippen LogP contribution in [0.25, 0.3) is 0 Å². The molecule has 2 amide bonds. The molecule has 28 heavy (non-hydrogen) atoms. The van der Waals surface area contributed by atoms with Crippen LogP contribution in [0.5, 0.6) is 5.75 Å². The molecule has 1 fully saturated rings. The molecule has 0 saturated heterocycles. The highest BCUT2D eigenvalue weighted by Crippen LogP contribution is 2.23. The average Bonchev–Trinajstić information content (AvgIpc) is 2.68. The van der Waals surface area contributed by atoms with Crippen molar-refractivity contribution >= 4 is 17.8 Å². The second kappa shape index (κ2) is 10.7. The fourth-order valence-corrected chi connectivity index (χ4v) is 3.25. The van der Waals surface area contributed by atoms with Crippen LogP contribution >= 0.6 is 0 Å². The Bertz CT molecular complexity index is 674. The van der Waals surface area contributed by atoms with E-state index in [9.17, 15) is 14.4 Å². The Kier molecular flexibility index (Phi) is 8.29. The molecule has 0 bridgehead atoms. The molecule has 1 aromatic rings. The standard InChI is InChI=1S/C21H30N2O5/c1-4-27-17-11-9-16(10-12-17)21(26)22-13-19(24)28-15(3)20(25)23-18-8-6-5-7-14(18)2/h9-12,14-15,18H,4-8,13H2,1-3H3,(H,22,26)(H,23,25)/t14-,15-,18+/m0/s1. The van der Waals surface area contributed by atoms with Crippen molar-refractivity contribution in [1.82, 2.24) is 10.6 Å². The van der Waals surface area contributed by atoms with E-state index in [0.29, 0.717) is 23.8 Å². The summed E-state index contributed by atoms with van der Waals surface area (Å²) < 4.78 is 10.5. The van der Waals surface area contributed by atoms with Gasteiger partial charge in [-0.05, 0) is 56.9 Å². The lowest BCUT2D eigenvalue weighted by molar-refractivity contribution is -0.154. The van der Waals surface area contributed by atoms with Gasteiger partial charge < -0.3 is 20.1 Å². The van der Waals surface area contributed by atoms with Crippen LogP contribution in [0.3, 0.4) is 0 Å². The Hall–Kier alpha value is -2.57. The first-order valence-electron chi connectivity index (χ1n) is 9.91. The van der Waals surface area contributed by atoms with E-state index in [2.05, 4.69) is 17.6 Å². The Morgan fingerprint density at radius 2 is 1.82 bits per heavy atom. The molecule has 2 rings (SSSR count). The van der Waals surface area contributed by atoms with Crippen molar-refractivity contribution in [3.63, 3.8) is 0 Å². The van der Waals surface area contributed by atoms with Gasteiger partial charge in [0.15, 0.2) is 6.10 Å². The summed E-state index contributed by atoms with van der Waals surface area (Å²) in [7, 11) is 0. The molecule has 2 N–H and O–H groups in total. The molecular formula is C21H30N2O5. The van der Waals surface area contributed by atoms with Crippen molar-refractivity contribution in [2.24, 2.45) is 5.92 Å². The first-order chi connectivity index (χ1) is 13.4. The molecule has 154 valence electrons. The highest BCUT2D eigenvalue weighted by atomic mass is 16.5. The van der Waals surface area contributed by atoms with Gasteiger partial charge in [0.1, 0.15) is 12.3 Å². The molecule has 1 aliphatic carbocycles. The summed E-state index contributed by atoms with van der Waals surface area (Å²) in [6, 6.07) is 6.74. The minimum atomic E-state index is -0.899. The van der Waals surface area contributed by atoms with Crippen LogP contribution < -0.4 is 15.4 Å². The van der Waals surface area contributed by atoms with Gasteiger partial charge in [0, 0.05) is 11.6 Å². The molecule has 1 aliphatic rings. The first kappa shape index (κ1) is 21.7. The SMILES string of the molecule is CCOc1ccc(C(=O)NCC(=O)O[C@@H](C)C(=O)N[C@@H]2CCCC[C@@H]2C)cc1. The highest BCUT2D eigenvalue weighted by molar-refractivity contribution is 5.96. The maximum atomic E-state index is 12.2. The quantitative estimate of drug-likeness (QED) is 0.665. The zero-order valence-electron chi connectivity index (χ0n) is 16.8. The van der Waals surface area contributed by atoms with E-state index >= 15 is 0 Å². The minimum Gasteiger partial charge on any atom is -0.494 e. The molecule has 3 atom stereocenters. The topological polar surface area (TPSA) is 93.7 Å². The highest BCUT2D eigenvalue weighted by Gasteiger charge is 2.26. The Morgan fingerprint density at radius 1 is 1.14 bits per heavy atom. The van der Waals surface area contributed by atoms with E-state index in [1.807, 2.05) is 6.92 Å². The molecule has 7 heteroatoms. The number of nitrogens with one attached hydrogen (secondary N) is 2. The Balaban J connectivity index is 1.74. The summed E-state index contributed by atoms with van der Waals surface area (Å²) >= 11 is 0. The lowest BCUT2D eigenvalue weighted by Gasteiger charge is -2.30. The molecule has 0 unspecified atom stereocenters. The second-order valence-electron chi connectivity index (χ2n) is 7.15. The summed E-state index contributed by atoms with van der Waals surface area (Å²) in [5.74, 6) is -0.253. The van der Waals surface area contributed by atoms with Gasteiger partial charge in [-0.25, -0.2) is 0 Å². The van der Waals surface area contributed by atoms with Gasteiger partial charge in [0.25, 0.3) is 11.8 Å². The molecule has 7 nitrogen and oxygen atoms in total. The average molecular weight is 390 g/mol. The summed E-state index contributed by atoms with van der Waals surface area (Å²) in [5.41, 5.74) is 0.410. The monoisotopic (exact) mass is 390 g/mol. The predicted octanol–water partition coefficient (Wildman–Crippen LogP) is 2.44. The van der Waals surface area contributed by atoms with Crippen molar-refractivity contribution in [3.05, 3.63) is 29.8 Å².